The van der Waals surface area contributed by atoms with Gasteiger partial charge in [-0.25, -0.2) is 0 Å². The van der Waals surface area contributed by atoms with E-state index in [4.69, 9.17) is 0 Å². The van der Waals surface area contributed by atoms with Crippen LogP contribution in [0, 0.1) is 0 Å². The van der Waals surface area contributed by atoms with E-state index >= 15 is 4.57 Å². The molecule has 0 unspecified atom stereocenters. The molecule has 0 atom stereocenters. The van der Waals surface area contributed by atoms with Crippen molar-refractivity contribution in [2.75, 3.05) is 0 Å². The molecule has 0 fully saturated rings. The summed E-state index contributed by atoms with van der Waals surface area (Å²) in [6, 6.07) is 65.0. The molecule has 0 N–H and O–H groups in total. The lowest BCUT2D eigenvalue weighted by atomic mass is 9.85. The average Bonchev–Trinajstić information content (AvgIpc) is 3.14. The van der Waals surface area contributed by atoms with Crippen LogP contribution in [0.25, 0.3) is 54.9 Å². The first kappa shape index (κ1) is 28.0. The van der Waals surface area contributed by atoms with Crippen LogP contribution in [-0.4, -0.2) is 0 Å². The summed E-state index contributed by atoms with van der Waals surface area (Å²) in [4.78, 5) is 0. The molecule has 1 nitrogen and oxygen atoms in total. The Morgan fingerprint density at radius 1 is 0.283 bits per heavy atom. The van der Waals surface area contributed by atoms with Gasteiger partial charge in [-0.05, 0) is 67.1 Å². The zero-order chi connectivity index (χ0) is 30.9. The van der Waals surface area contributed by atoms with Gasteiger partial charge >= 0.3 is 0 Å². The van der Waals surface area contributed by atoms with Gasteiger partial charge in [-0.3, -0.25) is 0 Å². The smallest absolute Gasteiger partial charge is 0.171 e. The van der Waals surface area contributed by atoms with Gasteiger partial charge < -0.3 is 4.57 Å². The van der Waals surface area contributed by atoms with Gasteiger partial charge in [0.2, 0.25) is 0 Å². The lowest BCUT2D eigenvalue weighted by Gasteiger charge is -2.21. The normalized spacial score (nSPS) is 11.6. The summed E-state index contributed by atoms with van der Waals surface area (Å²) in [7, 11) is -3.11. The first-order valence-corrected chi connectivity index (χ1v) is 17.3. The summed E-state index contributed by atoms with van der Waals surface area (Å²) in [6.07, 6.45) is 0. The number of hydrogen-bond acceptors (Lipinski definition) is 1. The van der Waals surface area contributed by atoms with Crippen LogP contribution in [0.3, 0.4) is 0 Å². The minimum atomic E-state index is -3.11. The summed E-state index contributed by atoms with van der Waals surface area (Å²) in [5, 5.41) is 7.37. The molecule has 2 heteroatoms. The molecular weight excluding hydrogens is 575 g/mol. The van der Waals surface area contributed by atoms with Crippen molar-refractivity contribution < 1.29 is 4.57 Å². The Bertz CT molecular complexity index is 2320. The molecule has 218 valence electrons. The number of rotatable bonds is 6. The third-order valence-corrected chi connectivity index (χ3v) is 12.0. The van der Waals surface area contributed by atoms with Gasteiger partial charge in [-0.1, -0.05) is 176 Å². The second-order valence-electron chi connectivity index (χ2n) is 11.6. The Balaban J connectivity index is 1.39. The highest BCUT2D eigenvalue weighted by Gasteiger charge is 2.29. The summed E-state index contributed by atoms with van der Waals surface area (Å²) in [6.45, 7) is 0. The molecule has 0 saturated carbocycles. The van der Waals surface area contributed by atoms with Gasteiger partial charge in [-0.2, -0.15) is 0 Å². The fourth-order valence-corrected chi connectivity index (χ4v) is 9.49. The molecule has 0 spiro atoms. The van der Waals surface area contributed by atoms with Gasteiger partial charge in [0, 0.05) is 15.9 Å². The summed E-state index contributed by atoms with van der Waals surface area (Å²) >= 11 is 0. The molecule has 46 heavy (non-hydrogen) atoms. The van der Waals surface area contributed by atoms with Gasteiger partial charge in [0.15, 0.2) is 7.14 Å². The standard InChI is InChI=1S/C44H31OP/c45-46(36-21-9-3-10-22-36,37-23-11-4-12-24-37)38-25-15-20-34(30-38)35-28-29-41-42(31-35)44(33-18-7-2-8-19-33)40-27-14-13-26-39(40)43(41)32-16-5-1-6-17-32/h1-31H. The minimum Gasteiger partial charge on any atom is -0.309 e. The van der Waals surface area contributed by atoms with E-state index in [1.54, 1.807) is 0 Å². The molecule has 0 aliphatic heterocycles. The third-order valence-electron chi connectivity index (χ3n) is 8.93. The molecule has 0 aliphatic rings. The third kappa shape index (κ3) is 4.78. The molecule has 0 saturated heterocycles. The molecule has 0 aliphatic carbocycles. The summed E-state index contributed by atoms with van der Waals surface area (Å²) in [5.41, 5.74) is 6.98. The number of hydrogen-bond donors (Lipinski definition) is 0. The Morgan fingerprint density at radius 3 is 1.22 bits per heavy atom. The van der Waals surface area contributed by atoms with Crippen LogP contribution >= 0.6 is 7.14 Å². The largest absolute Gasteiger partial charge is 0.309 e. The predicted molar refractivity (Wildman–Crippen MR) is 197 cm³/mol. The van der Waals surface area contributed by atoms with Crippen molar-refractivity contribution in [1.29, 1.82) is 0 Å². The highest BCUT2D eigenvalue weighted by atomic mass is 31.2. The SMILES string of the molecule is O=P(c1ccccc1)(c1ccccc1)c1cccc(-c2ccc3c(-c4ccccc4)c4ccccc4c(-c4ccccc4)c3c2)c1. The zero-order valence-corrected chi connectivity index (χ0v) is 26.1. The van der Waals surface area contributed by atoms with E-state index in [1.165, 1.54) is 43.8 Å². The molecule has 8 aromatic carbocycles. The molecule has 0 amide bonds. The summed E-state index contributed by atoms with van der Waals surface area (Å²) < 4.78 is 15.2. The Morgan fingerprint density at radius 2 is 0.674 bits per heavy atom. The van der Waals surface area contributed by atoms with Crippen LogP contribution in [-0.2, 0) is 4.57 Å². The van der Waals surface area contributed by atoms with Gasteiger partial charge in [0.25, 0.3) is 0 Å². The van der Waals surface area contributed by atoms with E-state index in [0.717, 1.165) is 27.0 Å². The van der Waals surface area contributed by atoms with Crippen molar-refractivity contribution in [2.45, 2.75) is 0 Å². The van der Waals surface area contributed by atoms with Crippen LogP contribution in [0.15, 0.2) is 188 Å². The maximum atomic E-state index is 15.2. The quantitative estimate of drug-likeness (QED) is 0.136. The Hall–Kier alpha value is -5.49. The number of fused-ring (bicyclic) bond motifs is 2. The van der Waals surface area contributed by atoms with Crippen LogP contribution in [0.1, 0.15) is 0 Å². The molecule has 0 bridgehead atoms. The van der Waals surface area contributed by atoms with E-state index in [2.05, 4.69) is 115 Å². The van der Waals surface area contributed by atoms with Crippen LogP contribution in [0.5, 0.6) is 0 Å². The fourth-order valence-electron chi connectivity index (χ4n) is 6.79. The predicted octanol–water partition coefficient (Wildman–Crippen LogP) is 10.6. The Kier molecular flexibility index (Phi) is 7.18. The van der Waals surface area contributed by atoms with Gasteiger partial charge in [0.05, 0.1) is 0 Å². The van der Waals surface area contributed by atoms with Crippen molar-refractivity contribution in [2.24, 2.45) is 0 Å². The monoisotopic (exact) mass is 606 g/mol. The lowest BCUT2D eigenvalue weighted by molar-refractivity contribution is 0.592. The van der Waals surface area contributed by atoms with Crippen molar-refractivity contribution >= 4 is 44.6 Å². The maximum Gasteiger partial charge on any atom is 0.171 e. The van der Waals surface area contributed by atoms with Crippen molar-refractivity contribution in [3.8, 4) is 33.4 Å². The van der Waals surface area contributed by atoms with Gasteiger partial charge in [-0.15, -0.1) is 0 Å². The molecule has 0 radical (unpaired) electrons. The lowest BCUT2D eigenvalue weighted by Crippen LogP contribution is -2.25. The van der Waals surface area contributed by atoms with Crippen molar-refractivity contribution in [3.63, 3.8) is 0 Å². The Labute approximate surface area is 269 Å². The van der Waals surface area contributed by atoms with Gasteiger partial charge in [0.1, 0.15) is 0 Å². The highest BCUT2D eigenvalue weighted by molar-refractivity contribution is 7.85. The molecule has 0 heterocycles. The first-order chi connectivity index (χ1) is 22.7. The second-order valence-corrected chi connectivity index (χ2v) is 14.4. The number of benzene rings is 8. The van der Waals surface area contributed by atoms with Crippen molar-refractivity contribution in [1.82, 2.24) is 0 Å². The summed E-state index contributed by atoms with van der Waals surface area (Å²) in [5.74, 6) is 0. The zero-order valence-electron chi connectivity index (χ0n) is 25.3. The average molecular weight is 607 g/mol. The molecule has 8 aromatic rings. The van der Waals surface area contributed by atoms with Crippen LogP contribution < -0.4 is 15.9 Å². The minimum absolute atomic E-state index is 0.828. The van der Waals surface area contributed by atoms with Crippen LogP contribution in [0.2, 0.25) is 0 Å². The van der Waals surface area contributed by atoms with E-state index in [0.29, 0.717) is 0 Å². The molecular formula is C44H31OP. The van der Waals surface area contributed by atoms with E-state index in [-0.39, 0.29) is 0 Å². The first-order valence-electron chi connectivity index (χ1n) is 15.6. The fraction of sp³-hybridized carbons (Fsp3) is 0. The van der Waals surface area contributed by atoms with E-state index < -0.39 is 7.14 Å². The van der Waals surface area contributed by atoms with Crippen LogP contribution in [0.4, 0.5) is 0 Å². The van der Waals surface area contributed by atoms with Crippen molar-refractivity contribution in [3.05, 3.63) is 188 Å². The van der Waals surface area contributed by atoms with E-state index in [9.17, 15) is 0 Å². The molecule has 0 aromatic heterocycles. The second kappa shape index (κ2) is 11.8. The van der Waals surface area contributed by atoms with E-state index in [1.807, 2.05) is 72.8 Å². The molecule has 8 rings (SSSR count). The highest BCUT2D eigenvalue weighted by Crippen LogP contribution is 2.46. The maximum absolute atomic E-state index is 15.2. The topological polar surface area (TPSA) is 17.1 Å².